The lowest BCUT2D eigenvalue weighted by molar-refractivity contribution is 0.683. The molecule has 2 heteroatoms. The van der Waals surface area contributed by atoms with E-state index in [2.05, 4.69) is 178 Å². The molecule has 2 aliphatic heterocycles. The van der Waals surface area contributed by atoms with E-state index >= 15 is 0 Å². The van der Waals surface area contributed by atoms with Crippen molar-refractivity contribution in [1.82, 2.24) is 4.98 Å². The molecule has 1 spiro atoms. The van der Waals surface area contributed by atoms with Gasteiger partial charge in [-0.25, -0.2) is 4.98 Å². The number of para-hydroxylation sites is 1. The number of nitrogens with zero attached hydrogens (tertiary/aromatic N) is 2. The van der Waals surface area contributed by atoms with Gasteiger partial charge in [0.25, 0.3) is 0 Å². The van der Waals surface area contributed by atoms with Crippen molar-refractivity contribution in [1.29, 1.82) is 0 Å². The van der Waals surface area contributed by atoms with Crippen molar-refractivity contribution in [3.8, 4) is 0 Å². The molecule has 236 valence electrons. The molecule has 3 heterocycles. The van der Waals surface area contributed by atoms with Crippen molar-refractivity contribution in [3.05, 3.63) is 220 Å². The van der Waals surface area contributed by atoms with Crippen LogP contribution in [0.2, 0.25) is 0 Å². The van der Waals surface area contributed by atoms with Crippen molar-refractivity contribution < 1.29 is 0 Å². The normalized spacial score (nSPS) is 18.0. The number of rotatable bonds is 5. The van der Waals surface area contributed by atoms with E-state index in [0.717, 1.165) is 5.82 Å². The van der Waals surface area contributed by atoms with Crippen LogP contribution >= 0.6 is 0 Å². The molecule has 1 aliphatic carbocycles. The lowest BCUT2D eigenvalue weighted by Gasteiger charge is -2.52. The molecule has 0 radical (unpaired) electrons. The Hall–Kier alpha value is -5.73. The Morgan fingerprint density at radius 2 is 1.29 bits per heavy atom. The van der Waals surface area contributed by atoms with Crippen LogP contribution in [0.25, 0.3) is 5.57 Å². The summed E-state index contributed by atoms with van der Waals surface area (Å²) in [4.78, 5) is 7.78. The first-order valence-electron chi connectivity index (χ1n) is 17.3. The minimum absolute atomic E-state index is 0.372. The van der Waals surface area contributed by atoms with Gasteiger partial charge in [-0.2, -0.15) is 0 Å². The number of pyridine rings is 1. The fourth-order valence-electron chi connectivity index (χ4n) is 9.19. The number of anilines is 3. The van der Waals surface area contributed by atoms with Crippen LogP contribution in [0.5, 0.6) is 0 Å². The molecule has 3 aliphatic rings. The highest BCUT2D eigenvalue weighted by Crippen LogP contribution is 2.67. The molecule has 5 aromatic carbocycles. The fraction of sp³-hybridized carbons (Fsp3) is 0.128. The summed E-state index contributed by atoms with van der Waals surface area (Å²) in [5.41, 5.74) is 15.3. The molecular weight excluding hydrogens is 593 g/mol. The Morgan fingerprint density at radius 1 is 0.653 bits per heavy atom. The Morgan fingerprint density at radius 3 is 1.98 bits per heavy atom. The molecule has 0 bridgehead atoms. The predicted molar refractivity (Wildman–Crippen MR) is 203 cm³/mol. The minimum Gasteiger partial charge on any atom is -0.294 e. The quantitative estimate of drug-likeness (QED) is 0.176. The number of hydrogen-bond acceptors (Lipinski definition) is 2. The van der Waals surface area contributed by atoms with Crippen LogP contribution in [0.4, 0.5) is 17.2 Å². The molecule has 2 nitrogen and oxygen atoms in total. The zero-order valence-electron chi connectivity index (χ0n) is 28.2. The first kappa shape index (κ1) is 29.4. The second kappa shape index (κ2) is 10.9. The summed E-state index contributed by atoms with van der Waals surface area (Å²) < 4.78 is 0. The molecule has 0 amide bonds. The molecule has 9 rings (SSSR count). The zero-order chi connectivity index (χ0) is 33.3. The van der Waals surface area contributed by atoms with Gasteiger partial charge in [0.15, 0.2) is 0 Å². The van der Waals surface area contributed by atoms with Gasteiger partial charge in [0.05, 0.1) is 22.2 Å². The summed E-state index contributed by atoms with van der Waals surface area (Å²) in [6, 6.07) is 49.7. The van der Waals surface area contributed by atoms with Gasteiger partial charge in [0.2, 0.25) is 0 Å². The van der Waals surface area contributed by atoms with Gasteiger partial charge >= 0.3 is 0 Å². The average molecular weight is 631 g/mol. The maximum Gasteiger partial charge on any atom is 0.142 e. The molecule has 6 aromatic rings. The first-order valence-corrected chi connectivity index (χ1v) is 17.3. The average Bonchev–Trinajstić information content (AvgIpc) is 3.40. The monoisotopic (exact) mass is 630 g/mol. The summed E-state index contributed by atoms with van der Waals surface area (Å²) in [7, 11) is 0. The van der Waals surface area contributed by atoms with E-state index in [1.165, 1.54) is 72.6 Å². The van der Waals surface area contributed by atoms with Crippen LogP contribution in [-0.4, -0.2) is 4.98 Å². The van der Waals surface area contributed by atoms with E-state index in [-0.39, 0.29) is 0 Å². The van der Waals surface area contributed by atoms with E-state index in [4.69, 9.17) is 4.98 Å². The maximum absolute atomic E-state index is 5.29. The highest BCUT2D eigenvalue weighted by Gasteiger charge is 2.56. The molecule has 1 unspecified atom stereocenters. The van der Waals surface area contributed by atoms with Gasteiger partial charge in [0.1, 0.15) is 5.82 Å². The number of benzene rings is 5. The van der Waals surface area contributed by atoms with E-state index in [9.17, 15) is 0 Å². The van der Waals surface area contributed by atoms with Crippen molar-refractivity contribution in [2.45, 2.75) is 37.5 Å². The van der Waals surface area contributed by atoms with E-state index in [1.54, 1.807) is 0 Å². The van der Waals surface area contributed by atoms with Crippen LogP contribution in [0.15, 0.2) is 170 Å². The Balaban J connectivity index is 1.51. The fourth-order valence-corrected chi connectivity index (χ4v) is 9.19. The molecule has 0 fully saturated rings. The van der Waals surface area contributed by atoms with Crippen molar-refractivity contribution in [3.63, 3.8) is 0 Å². The molecule has 1 atom stereocenters. The molecular formula is C47H38N2. The topological polar surface area (TPSA) is 16.1 Å². The highest BCUT2D eigenvalue weighted by atomic mass is 15.2. The van der Waals surface area contributed by atoms with Crippen molar-refractivity contribution in [2.24, 2.45) is 0 Å². The maximum atomic E-state index is 5.29. The summed E-state index contributed by atoms with van der Waals surface area (Å²) in [5.74, 6) is 1.35. The molecule has 0 N–H and O–H groups in total. The van der Waals surface area contributed by atoms with Gasteiger partial charge in [0, 0.05) is 11.8 Å². The number of aromatic nitrogens is 1. The summed E-state index contributed by atoms with van der Waals surface area (Å²) >= 11 is 0. The molecule has 1 aromatic heterocycles. The summed E-state index contributed by atoms with van der Waals surface area (Å²) in [5, 5.41) is 0. The highest BCUT2D eigenvalue weighted by molar-refractivity contribution is 6.00. The lowest BCUT2D eigenvalue weighted by Crippen LogP contribution is -2.44. The summed E-state index contributed by atoms with van der Waals surface area (Å²) in [6.45, 7) is 10.9. The third-order valence-electron chi connectivity index (χ3n) is 11.2. The van der Waals surface area contributed by atoms with Crippen molar-refractivity contribution >= 4 is 22.8 Å². The molecule has 49 heavy (non-hydrogen) atoms. The number of fused-ring (bicyclic) bond motifs is 8. The largest absolute Gasteiger partial charge is 0.294 e. The second-order valence-electron chi connectivity index (χ2n) is 13.8. The van der Waals surface area contributed by atoms with Crippen LogP contribution in [0.3, 0.4) is 0 Å². The van der Waals surface area contributed by atoms with Gasteiger partial charge in [-0.3, -0.25) is 4.90 Å². The number of allylic oxidation sites excluding steroid dienone is 5. The van der Waals surface area contributed by atoms with Crippen LogP contribution in [-0.2, 0) is 10.8 Å². The Kier molecular flexibility index (Phi) is 6.54. The van der Waals surface area contributed by atoms with E-state index in [1.807, 2.05) is 12.3 Å². The van der Waals surface area contributed by atoms with Gasteiger partial charge < -0.3 is 0 Å². The second-order valence-corrected chi connectivity index (χ2v) is 13.8. The first-order chi connectivity index (χ1) is 24.0. The lowest BCUT2D eigenvalue weighted by atomic mass is 9.58. The summed E-state index contributed by atoms with van der Waals surface area (Å²) in [6.07, 6.45) is 8.15. The SMILES string of the molecule is C=C/C=C\C1=C(C)C2(c3ccccc31)c1ccc(C(C)C)cc1N1c3ncccc3C(c3ccccc3)(c3ccccc3)c3cccc2c31. The van der Waals surface area contributed by atoms with Crippen LogP contribution in [0.1, 0.15) is 76.8 Å². The molecule has 0 saturated heterocycles. The van der Waals surface area contributed by atoms with Crippen LogP contribution in [0, 0.1) is 0 Å². The van der Waals surface area contributed by atoms with E-state index < -0.39 is 10.8 Å². The van der Waals surface area contributed by atoms with Crippen LogP contribution < -0.4 is 4.90 Å². The zero-order valence-corrected chi connectivity index (χ0v) is 28.2. The smallest absolute Gasteiger partial charge is 0.142 e. The third kappa shape index (κ3) is 3.75. The van der Waals surface area contributed by atoms with Gasteiger partial charge in [-0.1, -0.05) is 160 Å². The standard InChI is InChI=1S/C47H38N2/c1-5-6-21-36-32(4)46(38-23-14-13-22-37(36)38)39-28-27-33(31(2)3)30-43(39)49-44-40(46)24-15-25-41(44)47(34-17-9-7-10-18-34,35-19-11-8-12-20-35)42-26-16-29-48-45(42)49/h5-31H,1H2,2-4H3/b21-6-. The Bertz CT molecular complexity index is 2300. The predicted octanol–water partition coefficient (Wildman–Crippen LogP) is 11.5. The van der Waals surface area contributed by atoms with Gasteiger partial charge in [-0.05, 0) is 80.6 Å². The number of hydrogen-bond donors (Lipinski definition) is 0. The molecule has 0 saturated carbocycles. The minimum atomic E-state index is -0.594. The van der Waals surface area contributed by atoms with Gasteiger partial charge in [-0.15, -0.1) is 0 Å². The van der Waals surface area contributed by atoms with E-state index in [0.29, 0.717) is 5.92 Å². The third-order valence-corrected chi connectivity index (χ3v) is 11.2. The van der Waals surface area contributed by atoms with Crippen molar-refractivity contribution in [2.75, 3.05) is 4.90 Å². The Labute approximate surface area is 289 Å².